The number of hydrogen-bond acceptors (Lipinski definition) is 6. The number of anilines is 2. The fourth-order valence-electron chi connectivity index (χ4n) is 2.86. The Labute approximate surface area is 148 Å². The van der Waals surface area contributed by atoms with Gasteiger partial charge in [-0.25, -0.2) is 9.97 Å². The Hall–Kier alpha value is -1.80. The van der Waals surface area contributed by atoms with Crippen LogP contribution in [-0.4, -0.2) is 21.8 Å². The lowest BCUT2D eigenvalue weighted by atomic mass is 9.81. The number of nitrogens with zero attached hydrogens (tertiary/aromatic N) is 2. The molecule has 1 saturated carbocycles. The minimum absolute atomic E-state index is 0.0127. The van der Waals surface area contributed by atoms with Crippen molar-refractivity contribution in [1.29, 1.82) is 0 Å². The molecule has 0 radical (unpaired) electrons. The maximum absolute atomic E-state index is 12.3. The first kappa shape index (κ1) is 17.0. The van der Waals surface area contributed by atoms with Gasteiger partial charge in [-0.2, -0.15) is 0 Å². The number of rotatable bonds is 4. The third-order valence-electron chi connectivity index (χ3n) is 4.17. The molecule has 2 aromatic heterocycles. The lowest BCUT2D eigenvalue weighted by molar-refractivity contribution is -0.125. The van der Waals surface area contributed by atoms with E-state index in [1.807, 2.05) is 13.8 Å². The summed E-state index contributed by atoms with van der Waals surface area (Å²) in [7, 11) is 0. The van der Waals surface area contributed by atoms with Crippen LogP contribution in [0.1, 0.15) is 35.4 Å². The first-order valence-electron chi connectivity index (χ1n) is 7.98. The van der Waals surface area contributed by atoms with Crippen LogP contribution in [0.5, 0.6) is 0 Å². The first-order valence-corrected chi connectivity index (χ1v) is 9.61. The highest BCUT2D eigenvalue weighted by Gasteiger charge is 2.30. The molecular formula is C16H20N4O2S2. The van der Waals surface area contributed by atoms with E-state index in [9.17, 15) is 9.59 Å². The van der Waals surface area contributed by atoms with Crippen molar-refractivity contribution in [2.45, 2.75) is 39.5 Å². The van der Waals surface area contributed by atoms with Crippen LogP contribution in [0.2, 0.25) is 0 Å². The minimum atomic E-state index is -0.0413. The molecule has 1 fully saturated rings. The highest BCUT2D eigenvalue weighted by molar-refractivity contribution is 7.16. The van der Waals surface area contributed by atoms with Gasteiger partial charge in [-0.3, -0.25) is 9.59 Å². The molecule has 2 amide bonds. The van der Waals surface area contributed by atoms with Crippen LogP contribution < -0.4 is 10.6 Å². The Balaban J connectivity index is 1.48. The highest BCUT2D eigenvalue weighted by atomic mass is 32.1. The number of hydrogen-bond donors (Lipinski definition) is 2. The average Bonchev–Trinajstić information content (AvgIpc) is 3.15. The van der Waals surface area contributed by atoms with Gasteiger partial charge in [-0.1, -0.05) is 0 Å². The number of carbonyl (C=O) groups is 2. The SMILES string of the molecule is Cc1cnc(NC(=O)C2CCC(C(=O)Nc3ncc(C)s3)CC2)s1. The first-order chi connectivity index (χ1) is 11.5. The largest absolute Gasteiger partial charge is 0.302 e. The van der Waals surface area contributed by atoms with Crippen molar-refractivity contribution in [2.75, 3.05) is 10.6 Å². The molecule has 2 N–H and O–H groups in total. The van der Waals surface area contributed by atoms with Gasteiger partial charge < -0.3 is 10.6 Å². The van der Waals surface area contributed by atoms with Crippen molar-refractivity contribution in [2.24, 2.45) is 11.8 Å². The second-order valence-electron chi connectivity index (χ2n) is 6.08. The molecule has 1 aliphatic rings. The van der Waals surface area contributed by atoms with Crippen molar-refractivity contribution in [3.63, 3.8) is 0 Å². The molecule has 0 atom stereocenters. The number of thiazole rings is 2. The molecular weight excluding hydrogens is 344 g/mol. The predicted molar refractivity (Wildman–Crippen MR) is 96.4 cm³/mol. The molecule has 128 valence electrons. The van der Waals surface area contributed by atoms with Gasteiger partial charge in [-0.15, -0.1) is 22.7 Å². The zero-order chi connectivity index (χ0) is 17.1. The molecule has 3 rings (SSSR count). The summed E-state index contributed by atoms with van der Waals surface area (Å²) in [4.78, 5) is 35.1. The monoisotopic (exact) mass is 364 g/mol. The van der Waals surface area contributed by atoms with Gasteiger partial charge in [0.1, 0.15) is 0 Å². The molecule has 0 bridgehead atoms. The predicted octanol–water partition coefficient (Wildman–Crippen LogP) is 3.60. The third-order valence-corrected chi connectivity index (χ3v) is 5.83. The molecule has 0 aromatic carbocycles. The minimum Gasteiger partial charge on any atom is -0.302 e. The molecule has 6 nitrogen and oxygen atoms in total. The lowest BCUT2D eigenvalue weighted by Crippen LogP contribution is -2.31. The topological polar surface area (TPSA) is 84.0 Å². The van der Waals surface area contributed by atoms with Gasteiger partial charge in [0.05, 0.1) is 0 Å². The Morgan fingerprint density at radius 2 is 1.25 bits per heavy atom. The Morgan fingerprint density at radius 3 is 1.54 bits per heavy atom. The van der Waals surface area contributed by atoms with Gasteiger partial charge in [0.2, 0.25) is 11.8 Å². The highest BCUT2D eigenvalue weighted by Crippen LogP contribution is 2.31. The van der Waals surface area contributed by atoms with Crippen LogP contribution in [0.15, 0.2) is 12.4 Å². The smallest absolute Gasteiger partial charge is 0.229 e. The summed E-state index contributed by atoms with van der Waals surface area (Å²) >= 11 is 2.95. The van der Waals surface area contributed by atoms with Crippen LogP contribution in [0.4, 0.5) is 10.3 Å². The Bertz CT molecular complexity index is 670. The number of carbonyl (C=O) groups excluding carboxylic acids is 2. The van der Waals surface area contributed by atoms with E-state index in [1.54, 1.807) is 12.4 Å². The van der Waals surface area contributed by atoms with Crippen molar-refractivity contribution >= 4 is 44.8 Å². The van der Waals surface area contributed by atoms with Gasteiger partial charge >= 0.3 is 0 Å². The van der Waals surface area contributed by atoms with E-state index in [0.717, 1.165) is 35.4 Å². The van der Waals surface area contributed by atoms with Crippen LogP contribution in [0.25, 0.3) is 0 Å². The normalized spacial score (nSPS) is 20.6. The molecule has 8 heteroatoms. The van der Waals surface area contributed by atoms with Crippen LogP contribution in [0, 0.1) is 25.7 Å². The zero-order valence-electron chi connectivity index (χ0n) is 13.7. The molecule has 24 heavy (non-hydrogen) atoms. The molecule has 2 aromatic rings. The Kier molecular flexibility index (Phi) is 5.25. The number of amides is 2. The van der Waals surface area contributed by atoms with Crippen molar-refractivity contribution in [3.8, 4) is 0 Å². The van der Waals surface area contributed by atoms with E-state index < -0.39 is 0 Å². The van der Waals surface area contributed by atoms with Crippen molar-refractivity contribution in [1.82, 2.24) is 9.97 Å². The number of aromatic nitrogens is 2. The number of nitrogens with one attached hydrogen (secondary N) is 2. The van der Waals surface area contributed by atoms with Gasteiger partial charge in [0, 0.05) is 34.0 Å². The maximum Gasteiger partial charge on any atom is 0.229 e. The second-order valence-corrected chi connectivity index (χ2v) is 8.55. The molecule has 0 saturated heterocycles. The van der Waals surface area contributed by atoms with E-state index in [0.29, 0.717) is 10.3 Å². The van der Waals surface area contributed by atoms with Crippen molar-refractivity contribution in [3.05, 3.63) is 22.1 Å². The molecule has 0 unspecified atom stereocenters. The summed E-state index contributed by atoms with van der Waals surface area (Å²) in [5, 5.41) is 7.06. The molecule has 2 heterocycles. The van der Waals surface area contributed by atoms with Crippen LogP contribution in [-0.2, 0) is 9.59 Å². The Morgan fingerprint density at radius 1 is 0.875 bits per heavy atom. The van der Waals surface area contributed by atoms with E-state index in [2.05, 4.69) is 20.6 Å². The average molecular weight is 364 g/mol. The fourth-order valence-corrected chi connectivity index (χ4v) is 4.19. The van der Waals surface area contributed by atoms with E-state index in [-0.39, 0.29) is 23.7 Å². The molecule has 0 aliphatic heterocycles. The third kappa shape index (κ3) is 4.18. The summed E-state index contributed by atoms with van der Waals surface area (Å²) in [5.74, 6) is -0.0572. The fraction of sp³-hybridized carbons (Fsp3) is 0.500. The number of aryl methyl sites for hydroxylation is 2. The second kappa shape index (κ2) is 7.40. The van der Waals surface area contributed by atoms with E-state index in [4.69, 9.17) is 0 Å². The van der Waals surface area contributed by atoms with Crippen LogP contribution in [0.3, 0.4) is 0 Å². The maximum atomic E-state index is 12.3. The molecule has 1 aliphatic carbocycles. The molecule has 0 spiro atoms. The summed E-state index contributed by atoms with van der Waals surface area (Å²) < 4.78 is 0. The van der Waals surface area contributed by atoms with Gasteiger partial charge in [-0.05, 0) is 39.5 Å². The van der Waals surface area contributed by atoms with Gasteiger partial charge in [0.15, 0.2) is 10.3 Å². The van der Waals surface area contributed by atoms with E-state index >= 15 is 0 Å². The lowest BCUT2D eigenvalue weighted by Gasteiger charge is -2.26. The van der Waals surface area contributed by atoms with Crippen molar-refractivity contribution < 1.29 is 9.59 Å². The van der Waals surface area contributed by atoms with Gasteiger partial charge in [0.25, 0.3) is 0 Å². The summed E-state index contributed by atoms with van der Waals surface area (Å²) in [5.41, 5.74) is 0. The summed E-state index contributed by atoms with van der Waals surface area (Å²) in [6.45, 7) is 3.92. The standard InChI is InChI=1S/C16H20N4O2S2/c1-9-7-17-15(23-9)19-13(21)11-3-5-12(6-4-11)14(22)20-16-18-8-10(2)24-16/h7-8,11-12H,3-6H2,1-2H3,(H,17,19,21)(H,18,20,22). The summed E-state index contributed by atoms with van der Waals surface area (Å²) in [6.07, 6.45) is 6.41. The van der Waals surface area contributed by atoms with Crippen LogP contribution >= 0.6 is 22.7 Å². The summed E-state index contributed by atoms with van der Waals surface area (Å²) in [6, 6.07) is 0. The van der Waals surface area contributed by atoms with E-state index in [1.165, 1.54) is 22.7 Å². The zero-order valence-corrected chi connectivity index (χ0v) is 15.3. The quantitative estimate of drug-likeness (QED) is 0.868.